The van der Waals surface area contributed by atoms with Gasteiger partial charge in [0.05, 0.1) is 6.54 Å². The molecule has 1 aliphatic heterocycles. The summed E-state index contributed by atoms with van der Waals surface area (Å²) in [6, 6.07) is 0. The van der Waals surface area contributed by atoms with Crippen LogP contribution in [0.15, 0.2) is 11.6 Å². The molecule has 110 valence electrons. The van der Waals surface area contributed by atoms with Gasteiger partial charge in [0.25, 0.3) is 0 Å². The topological polar surface area (TPSA) is 63.1 Å². The number of amides is 1. The standard InChI is InChI=1S/C14H23N5O/c1-11(2)4-6-18-7-5-13-16-17-14(10-15-12(3)20)19(13)9-8-18/h4H,5-10H2,1-3H3,(H,15,20). The molecule has 0 aromatic carbocycles. The van der Waals surface area contributed by atoms with Gasteiger partial charge in [0, 0.05) is 39.5 Å². The minimum atomic E-state index is -0.0406. The maximum Gasteiger partial charge on any atom is 0.217 e. The maximum absolute atomic E-state index is 11.0. The first-order valence-corrected chi connectivity index (χ1v) is 7.07. The van der Waals surface area contributed by atoms with E-state index >= 15 is 0 Å². The molecule has 0 saturated carbocycles. The fourth-order valence-electron chi connectivity index (χ4n) is 2.26. The van der Waals surface area contributed by atoms with Crippen LogP contribution in [-0.4, -0.2) is 45.2 Å². The van der Waals surface area contributed by atoms with Crippen molar-refractivity contribution in [1.29, 1.82) is 0 Å². The number of aromatic nitrogens is 3. The van der Waals surface area contributed by atoms with E-state index in [9.17, 15) is 4.79 Å². The monoisotopic (exact) mass is 277 g/mol. The highest BCUT2D eigenvalue weighted by atomic mass is 16.1. The Morgan fingerprint density at radius 1 is 1.25 bits per heavy atom. The molecule has 1 amide bonds. The molecule has 0 unspecified atom stereocenters. The van der Waals surface area contributed by atoms with E-state index in [2.05, 4.69) is 44.9 Å². The van der Waals surface area contributed by atoms with E-state index in [1.54, 1.807) is 0 Å². The summed E-state index contributed by atoms with van der Waals surface area (Å²) in [6.07, 6.45) is 3.16. The van der Waals surface area contributed by atoms with Crippen LogP contribution in [0, 0.1) is 0 Å². The van der Waals surface area contributed by atoms with Crippen molar-refractivity contribution in [3.05, 3.63) is 23.3 Å². The van der Waals surface area contributed by atoms with Gasteiger partial charge in [-0.2, -0.15) is 0 Å². The third-order valence-corrected chi connectivity index (χ3v) is 3.45. The molecule has 2 rings (SSSR count). The summed E-state index contributed by atoms with van der Waals surface area (Å²) in [4.78, 5) is 13.4. The SMILES string of the molecule is CC(=O)NCc1nnc2n1CCN(CC=C(C)C)CC2. The molecule has 2 heterocycles. The van der Waals surface area contributed by atoms with Crippen molar-refractivity contribution < 1.29 is 4.79 Å². The molecule has 0 saturated heterocycles. The van der Waals surface area contributed by atoms with Crippen LogP contribution in [0.1, 0.15) is 32.4 Å². The Morgan fingerprint density at radius 3 is 2.75 bits per heavy atom. The zero-order valence-corrected chi connectivity index (χ0v) is 12.5. The van der Waals surface area contributed by atoms with Gasteiger partial charge >= 0.3 is 0 Å². The molecule has 0 bridgehead atoms. The highest BCUT2D eigenvalue weighted by Gasteiger charge is 2.17. The third-order valence-electron chi connectivity index (χ3n) is 3.45. The first-order valence-electron chi connectivity index (χ1n) is 7.07. The molecule has 0 fully saturated rings. The van der Waals surface area contributed by atoms with E-state index < -0.39 is 0 Å². The fraction of sp³-hybridized carbons (Fsp3) is 0.643. The lowest BCUT2D eigenvalue weighted by Crippen LogP contribution is -2.28. The first kappa shape index (κ1) is 14.7. The molecule has 1 aliphatic rings. The molecule has 0 aliphatic carbocycles. The van der Waals surface area contributed by atoms with Crippen molar-refractivity contribution >= 4 is 5.91 Å². The molecule has 0 atom stereocenters. The lowest BCUT2D eigenvalue weighted by atomic mass is 10.3. The van der Waals surface area contributed by atoms with Gasteiger partial charge < -0.3 is 9.88 Å². The van der Waals surface area contributed by atoms with Crippen LogP contribution in [0.2, 0.25) is 0 Å². The van der Waals surface area contributed by atoms with Gasteiger partial charge in [0.2, 0.25) is 5.91 Å². The number of nitrogens with one attached hydrogen (secondary N) is 1. The van der Waals surface area contributed by atoms with E-state index in [4.69, 9.17) is 0 Å². The van der Waals surface area contributed by atoms with Crippen LogP contribution >= 0.6 is 0 Å². The molecule has 6 nitrogen and oxygen atoms in total. The summed E-state index contributed by atoms with van der Waals surface area (Å²) in [5, 5.41) is 11.2. The summed E-state index contributed by atoms with van der Waals surface area (Å²) >= 11 is 0. The Morgan fingerprint density at radius 2 is 2.05 bits per heavy atom. The highest BCUT2D eigenvalue weighted by molar-refractivity contribution is 5.72. The van der Waals surface area contributed by atoms with E-state index in [0.717, 1.165) is 44.2 Å². The number of nitrogens with zero attached hydrogens (tertiary/aromatic N) is 4. The number of carbonyl (C=O) groups excluding carboxylic acids is 1. The number of rotatable bonds is 4. The second kappa shape index (κ2) is 6.65. The van der Waals surface area contributed by atoms with Crippen molar-refractivity contribution in [2.24, 2.45) is 0 Å². The Labute approximate surface area is 119 Å². The molecule has 1 N–H and O–H groups in total. The molecular weight excluding hydrogens is 254 g/mol. The second-order valence-electron chi connectivity index (χ2n) is 5.43. The summed E-state index contributed by atoms with van der Waals surface area (Å²) in [5.74, 6) is 1.82. The molecule has 6 heteroatoms. The Kier molecular flexibility index (Phi) is 4.89. The van der Waals surface area contributed by atoms with E-state index in [0.29, 0.717) is 6.54 Å². The lowest BCUT2D eigenvalue weighted by molar-refractivity contribution is -0.119. The smallest absolute Gasteiger partial charge is 0.217 e. The van der Waals surface area contributed by atoms with Crippen molar-refractivity contribution in [1.82, 2.24) is 25.0 Å². The van der Waals surface area contributed by atoms with Crippen LogP contribution in [0.25, 0.3) is 0 Å². The van der Waals surface area contributed by atoms with Crippen molar-refractivity contribution in [2.75, 3.05) is 19.6 Å². The predicted molar refractivity (Wildman–Crippen MR) is 77.1 cm³/mol. The van der Waals surface area contributed by atoms with Crippen molar-refractivity contribution in [3.8, 4) is 0 Å². The summed E-state index contributed by atoms with van der Waals surface area (Å²) < 4.78 is 2.14. The average molecular weight is 277 g/mol. The zero-order chi connectivity index (χ0) is 14.5. The van der Waals surface area contributed by atoms with Crippen LogP contribution < -0.4 is 5.32 Å². The van der Waals surface area contributed by atoms with Crippen molar-refractivity contribution in [3.63, 3.8) is 0 Å². The first-order chi connectivity index (χ1) is 9.56. The van der Waals surface area contributed by atoms with Gasteiger partial charge in [-0.1, -0.05) is 11.6 Å². The summed E-state index contributed by atoms with van der Waals surface area (Å²) in [6.45, 7) is 10.1. The molecule has 1 aromatic heterocycles. The van der Waals surface area contributed by atoms with Crippen LogP contribution in [-0.2, 0) is 24.3 Å². The quantitative estimate of drug-likeness (QED) is 0.825. The third kappa shape index (κ3) is 3.90. The largest absolute Gasteiger partial charge is 0.349 e. The van der Waals surface area contributed by atoms with E-state index in [1.807, 2.05) is 0 Å². The normalized spacial score (nSPS) is 15.3. The molecular formula is C14H23N5O. The van der Waals surface area contributed by atoms with Crippen LogP contribution in [0.4, 0.5) is 0 Å². The molecule has 0 spiro atoms. The number of fused-ring (bicyclic) bond motifs is 1. The fourth-order valence-corrected chi connectivity index (χ4v) is 2.26. The Balaban J connectivity index is 1.99. The highest BCUT2D eigenvalue weighted by Crippen LogP contribution is 2.09. The molecule has 20 heavy (non-hydrogen) atoms. The van der Waals surface area contributed by atoms with Gasteiger partial charge in [0.15, 0.2) is 5.82 Å². The molecule has 1 aromatic rings. The van der Waals surface area contributed by atoms with E-state index in [1.165, 1.54) is 12.5 Å². The van der Waals surface area contributed by atoms with Gasteiger partial charge in [-0.25, -0.2) is 0 Å². The Hall–Kier alpha value is -1.69. The van der Waals surface area contributed by atoms with E-state index in [-0.39, 0.29) is 5.91 Å². The minimum Gasteiger partial charge on any atom is -0.349 e. The lowest BCUT2D eigenvalue weighted by Gasteiger charge is -2.17. The average Bonchev–Trinajstić information content (AvgIpc) is 2.66. The van der Waals surface area contributed by atoms with Gasteiger partial charge in [0.1, 0.15) is 5.82 Å². The zero-order valence-electron chi connectivity index (χ0n) is 12.5. The number of allylic oxidation sites excluding steroid dienone is 1. The van der Waals surface area contributed by atoms with Crippen LogP contribution in [0.5, 0.6) is 0 Å². The van der Waals surface area contributed by atoms with Gasteiger partial charge in [-0.3, -0.25) is 9.69 Å². The maximum atomic E-state index is 11.0. The second-order valence-corrected chi connectivity index (χ2v) is 5.43. The van der Waals surface area contributed by atoms with Gasteiger partial charge in [-0.15, -0.1) is 10.2 Å². The number of hydrogen-bond acceptors (Lipinski definition) is 4. The van der Waals surface area contributed by atoms with Crippen LogP contribution in [0.3, 0.4) is 0 Å². The molecule has 0 radical (unpaired) electrons. The Bertz CT molecular complexity index is 502. The predicted octanol–water partition coefficient (Wildman–Crippen LogP) is 0.738. The minimum absolute atomic E-state index is 0.0406. The summed E-state index contributed by atoms with van der Waals surface area (Å²) in [5.41, 5.74) is 1.35. The van der Waals surface area contributed by atoms with Gasteiger partial charge in [-0.05, 0) is 13.8 Å². The summed E-state index contributed by atoms with van der Waals surface area (Å²) in [7, 11) is 0. The number of carbonyl (C=O) groups is 1. The number of hydrogen-bond donors (Lipinski definition) is 1. The van der Waals surface area contributed by atoms with Crippen molar-refractivity contribution in [2.45, 2.75) is 40.3 Å².